The lowest BCUT2D eigenvalue weighted by Gasteiger charge is -2.16. The van der Waals surface area contributed by atoms with E-state index in [-0.39, 0.29) is 0 Å². The molecule has 0 aliphatic carbocycles. The Kier molecular flexibility index (Phi) is 1.59. The number of aliphatic hydroxyl groups excluding tert-OH is 1. The van der Waals surface area contributed by atoms with Gasteiger partial charge in [-0.3, -0.25) is 4.79 Å². The van der Waals surface area contributed by atoms with Crippen LogP contribution in [0, 0.1) is 0 Å². The number of carbonyl (C=O) groups excluding carboxylic acids is 1. The van der Waals surface area contributed by atoms with Crippen molar-refractivity contribution >= 4 is 12.1 Å². The Labute approximate surface area is 52.4 Å². The minimum atomic E-state index is -0.810. The van der Waals surface area contributed by atoms with Crippen molar-refractivity contribution < 1.29 is 9.90 Å². The minimum absolute atomic E-state index is 0.382. The first-order valence-corrected chi connectivity index (χ1v) is 2.72. The fourth-order valence-corrected chi connectivity index (χ4v) is 0.648. The lowest BCUT2D eigenvalue weighted by molar-refractivity contribution is -0.121. The summed E-state index contributed by atoms with van der Waals surface area (Å²) in [5.74, 6) is -0.436. The molecule has 3 N–H and O–H groups in total. The summed E-state index contributed by atoms with van der Waals surface area (Å²) >= 11 is 0. The first-order valence-electron chi connectivity index (χ1n) is 2.72. The Morgan fingerprint density at radius 3 is 3.00 bits per heavy atom. The number of rotatable bonds is 0. The van der Waals surface area contributed by atoms with Crippen LogP contribution in [0.25, 0.3) is 0 Å². The summed E-state index contributed by atoms with van der Waals surface area (Å²) in [5.41, 5.74) is 5.21. The van der Waals surface area contributed by atoms with E-state index in [4.69, 9.17) is 10.8 Å². The summed E-state index contributed by atoms with van der Waals surface area (Å²) in [6.07, 6.45) is 1.03. The van der Waals surface area contributed by atoms with Gasteiger partial charge in [0.2, 0.25) is 0 Å². The van der Waals surface area contributed by atoms with Crippen LogP contribution in [0.3, 0.4) is 0 Å². The molecule has 2 unspecified atom stereocenters. The van der Waals surface area contributed by atoms with Gasteiger partial charge in [0.25, 0.3) is 5.91 Å². The van der Waals surface area contributed by atoms with Gasteiger partial charge in [0, 0.05) is 12.6 Å². The highest BCUT2D eigenvalue weighted by molar-refractivity contribution is 5.92. The third kappa shape index (κ3) is 1.14. The number of amides is 1. The lowest BCUT2D eigenvalue weighted by Crippen LogP contribution is -2.43. The lowest BCUT2D eigenvalue weighted by atomic mass is 10.1. The number of nitrogens with zero attached hydrogens (tertiary/aromatic N) is 1. The van der Waals surface area contributed by atoms with E-state index in [1.54, 1.807) is 0 Å². The predicted molar refractivity (Wildman–Crippen MR) is 32.1 cm³/mol. The average Bonchev–Trinajstić information content (AvgIpc) is 1.83. The van der Waals surface area contributed by atoms with Crippen molar-refractivity contribution in [2.75, 3.05) is 0 Å². The summed E-state index contributed by atoms with van der Waals surface area (Å²) in [6.45, 7) is 0. The normalized spacial score (nSPS) is 35.1. The predicted octanol–water partition coefficient (Wildman–Crippen LogP) is -1.32. The van der Waals surface area contributed by atoms with Gasteiger partial charge in [0.1, 0.15) is 6.04 Å². The van der Waals surface area contributed by atoms with Crippen LogP contribution in [-0.2, 0) is 4.79 Å². The third-order valence-corrected chi connectivity index (χ3v) is 1.27. The van der Waals surface area contributed by atoms with Crippen LogP contribution in [0.5, 0.6) is 0 Å². The molecule has 0 radical (unpaired) electrons. The van der Waals surface area contributed by atoms with Crippen LogP contribution in [0.2, 0.25) is 0 Å². The molecule has 50 valence electrons. The van der Waals surface area contributed by atoms with E-state index in [0.717, 1.165) is 0 Å². The molecule has 0 aromatic heterocycles. The molecule has 0 spiro atoms. The van der Waals surface area contributed by atoms with Crippen LogP contribution >= 0.6 is 0 Å². The van der Waals surface area contributed by atoms with Gasteiger partial charge in [-0.25, -0.2) is 4.99 Å². The van der Waals surface area contributed by atoms with Crippen LogP contribution in [0.1, 0.15) is 6.42 Å². The van der Waals surface area contributed by atoms with Gasteiger partial charge in [0.05, 0.1) is 6.10 Å². The molecule has 0 saturated heterocycles. The summed E-state index contributed by atoms with van der Waals surface area (Å²) in [4.78, 5) is 13.9. The fourth-order valence-electron chi connectivity index (χ4n) is 0.648. The van der Waals surface area contributed by atoms with Crippen LogP contribution in [0.4, 0.5) is 0 Å². The van der Waals surface area contributed by atoms with E-state index in [1.165, 1.54) is 6.21 Å². The maximum Gasteiger partial charge on any atom is 0.264 e. The Balaban J connectivity index is 2.69. The topological polar surface area (TPSA) is 75.7 Å². The number of nitrogens with two attached hydrogens (primary N) is 1. The molecule has 1 heterocycles. The second-order valence-corrected chi connectivity index (χ2v) is 1.98. The summed E-state index contributed by atoms with van der Waals surface area (Å²) in [7, 11) is 0. The summed E-state index contributed by atoms with van der Waals surface area (Å²) < 4.78 is 0. The standard InChI is InChI=1S/C5H8N2O2/c6-4-3(8)1-2-7-5(4)9/h2-4,8H,1,6H2. The first kappa shape index (κ1) is 6.38. The molecule has 0 fully saturated rings. The summed E-state index contributed by atoms with van der Waals surface area (Å²) in [5, 5.41) is 8.91. The smallest absolute Gasteiger partial charge is 0.264 e. The van der Waals surface area contributed by atoms with Crippen molar-refractivity contribution in [3.05, 3.63) is 0 Å². The van der Waals surface area contributed by atoms with Gasteiger partial charge in [-0.15, -0.1) is 0 Å². The molecule has 0 bridgehead atoms. The molecule has 9 heavy (non-hydrogen) atoms. The molecule has 0 aromatic rings. The van der Waals surface area contributed by atoms with Gasteiger partial charge in [-0.05, 0) is 0 Å². The zero-order valence-electron chi connectivity index (χ0n) is 4.82. The molecule has 4 nitrogen and oxygen atoms in total. The highest BCUT2D eigenvalue weighted by Gasteiger charge is 2.23. The zero-order chi connectivity index (χ0) is 6.85. The van der Waals surface area contributed by atoms with E-state index < -0.39 is 18.1 Å². The number of hydrogen-bond donors (Lipinski definition) is 2. The number of hydrogen-bond acceptors (Lipinski definition) is 3. The molecular formula is C5H8N2O2. The van der Waals surface area contributed by atoms with Crippen LogP contribution < -0.4 is 5.73 Å². The van der Waals surface area contributed by atoms with E-state index in [1.807, 2.05) is 0 Å². The highest BCUT2D eigenvalue weighted by atomic mass is 16.3. The molecule has 2 atom stereocenters. The second kappa shape index (κ2) is 2.24. The Hall–Kier alpha value is -0.740. The fraction of sp³-hybridized carbons (Fsp3) is 0.600. The Morgan fingerprint density at radius 2 is 2.56 bits per heavy atom. The molecule has 1 amide bonds. The van der Waals surface area contributed by atoms with E-state index in [0.29, 0.717) is 6.42 Å². The van der Waals surface area contributed by atoms with Crippen molar-refractivity contribution in [1.29, 1.82) is 0 Å². The van der Waals surface area contributed by atoms with E-state index in [2.05, 4.69) is 4.99 Å². The molecule has 4 heteroatoms. The SMILES string of the molecule is NC1C(=O)N=CCC1O. The Morgan fingerprint density at radius 1 is 1.89 bits per heavy atom. The average molecular weight is 128 g/mol. The first-order chi connectivity index (χ1) is 4.22. The number of carbonyl (C=O) groups is 1. The molecule has 1 aliphatic rings. The maximum atomic E-state index is 10.5. The number of aliphatic imine (C=N–C) groups is 1. The van der Waals surface area contributed by atoms with Crippen molar-refractivity contribution in [2.45, 2.75) is 18.6 Å². The third-order valence-electron chi connectivity index (χ3n) is 1.27. The van der Waals surface area contributed by atoms with Crippen molar-refractivity contribution in [2.24, 2.45) is 10.7 Å². The molecule has 1 aliphatic heterocycles. The van der Waals surface area contributed by atoms with Gasteiger partial charge in [-0.2, -0.15) is 0 Å². The maximum absolute atomic E-state index is 10.5. The molecule has 0 saturated carbocycles. The van der Waals surface area contributed by atoms with Gasteiger partial charge in [-0.1, -0.05) is 0 Å². The van der Waals surface area contributed by atoms with Gasteiger partial charge >= 0.3 is 0 Å². The monoisotopic (exact) mass is 128 g/mol. The quantitative estimate of drug-likeness (QED) is 0.424. The van der Waals surface area contributed by atoms with Crippen LogP contribution in [-0.4, -0.2) is 29.4 Å². The summed E-state index contributed by atoms with van der Waals surface area (Å²) in [6, 6.07) is -0.810. The van der Waals surface area contributed by atoms with E-state index in [9.17, 15) is 4.79 Å². The minimum Gasteiger partial charge on any atom is -0.391 e. The molecule has 1 rings (SSSR count). The number of aliphatic hydroxyl groups is 1. The van der Waals surface area contributed by atoms with Gasteiger partial charge in [0.15, 0.2) is 0 Å². The van der Waals surface area contributed by atoms with Crippen molar-refractivity contribution in [1.82, 2.24) is 0 Å². The largest absolute Gasteiger partial charge is 0.391 e. The Bertz CT molecular complexity index is 155. The second-order valence-electron chi connectivity index (χ2n) is 1.98. The van der Waals surface area contributed by atoms with E-state index >= 15 is 0 Å². The van der Waals surface area contributed by atoms with Gasteiger partial charge < -0.3 is 10.8 Å². The van der Waals surface area contributed by atoms with Crippen LogP contribution in [0.15, 0.2) is 4.99 Å². The molecular weight excluding hydrogens is 120 g/mol. The van der Waals surface area contributed by atoms with Crippen molar-refractivity contribution in [3.63, 3.8) is 0 Å². The highest BCUT2D eigenvalue weighted by Crippen LogP contribution is 2.01. The zero-order valence-corrected chi connectivity index (χ0v) is 4.82. The molecule has 0 aromatic carbocycles. The van der Waals surface area contributed by atoms with Crippen molar-refractivity contribution in [3.8, 4) is 0 Å².